The molecule has 0 amide bonds. The van der Waals surface area contributed by atoms with E-state index in [0.29, 0.717) is 18.8 Å². The maximum Gasteiger partial charge on any atom is 0.142 e. The van der Waals surface area contributed by atoms with Crippen molar-refractivity contribution >= 4 is 22.9 Å². The minimum absolute atomic E-state index is 0.0620. The third-order valence-corrected chi connectivity index (χ3v) is 11.5. The van der Waals surface area contributed by atoms with Gasteiger partial charge < -0.3 is 14.0 Å². The predicted molar refractivity (Wildman–Crippen MR) is 210 cm³/mol. The van der Waals surface area contributed by atoms with E-state index in [2.05, 4.69) is 151 Å². The second-order valence-electron chi connectivity index (χ2n) is 13.2. The van der Waals surface area contributed by atoms with Crippen LogP contribution in [-0.2, 0) is 17.6 Å². The Kier molecular flexibility index (Phi) is 13.2. The fourth-order valence-electron chi connectivity index (χ4n) is 6.92. The van der Waals surface area contributed by atoms with Gasteiger partial charge in [-0.25, -0.2) is 0 Å². The van der Waals surface area contributed by atoms with Crippen molar-refractivity contribution in [2.45, 2.75) is 106 Å². The van der Waals surface area contributed by atoms with Crippen molar-refractivity contribution in [3.05, 3.63) is 147 Å². The van der Waals surface area contributed by atoms with Crippen molar-refractivity contribution in [2.24, 2.45) is 5.92 Å². The summed E-state index contributed by atoms with van der Waals surface area (Å²) < 4.78 is 16.3. The van der Waals surface area contributed by atoms with Gasteiger partial charge in [-0.3, -0.25) is 0 Å². The van der Waals surface area contributed by atoms with Crippen LogP contribution in [0.15, 0.2) is 124 Å². The summed E-state index contributed by atoms with van der Waals surface area (Å²) in [6.45, 7) is 26.1. The van der Waals surface area contributed by atoms with Gasteiger partial charge in [-0.05, 0) is 136 Å². The minimum atomic E-state index is -1.10. The van der Waals surface area contributed by atoms with Crippen LogP contribution in [0.4, 0.5) is 0 Å². The summed E-state index contributed by atoms with van der Waals surface area (Å²) in [5.41, 5.74) is 16.7. The molecule has 0 saturated heterocycles. The van der Waals surface area contributed by atoms with Crippen LogP contribution in [-0.4, -0.2) is 19.3 Å². The Morgan fingerprint density at radius 2 is 1.92 bits per heavy atom. The summed E-state index contributed by atoms with van der Waals surface area (Å²) in [4.78, 5) is 3.23. The van der Waals surface area contributed by atoms with Gasteiger partial charge >= 0.3 is 0 Å². The normalized spacial score (nSPS) is 19.5. The van der Waals surface area contributed by atoms with E-state index in [0.717, 1.165) is 59.7 Å². The molecule has 3 atom stereocenters. The van der Waals surface area contributed by atoms with Crippen LogP contribution < -0.4 is 0 Å². The second-order valence-corrected chi connectivity index (χ2v) is 15.0. The molecule has 0 spiro atoms. The molecule has 1 aromatic rings. The molecule has 3 nitrogen and oxygen atoms in total. The van der Waals surface area contributed by atoms with E-state index in [1.54, 1.807) is 0 Å². The third kappa shape index (κ3) is 8.47. The first-order valence-corrected chi connectivity index (χ1v) is 18.9. The molecular formula is C44H56N2OS. The Balaban J connectivity index is 1.55. The summed E-state index contributed by atoms with van der Waals surface area (Å²) >= 11 is -1.10. The first-order chi connectivity index (χ1) is 23.0. The van der Waals surface area contributed by atoms with Crippen LogP contribution in [0.3, 0.4) is 0 Å². The number of nitrogens with zero attached hydrogens (tertiary/aromatic N) is 2. The molecule has 0 aliphatic heterocycles. The molecule has 3 aliphatic carbocycles. The number of hydrogen-bond donors (Lipinski definition) is 0. The number of aromatic nitrogens is 1. The highest BCUT2D eigenvalue weighted by atomic mass is 32.2. The Morgan fingerprint density at radius 1 is 1.15 bits per heavy atom. The molecule has 3 unspecified atom stereocenters. The zero-order valence-corrected chi connectivity index (χ0v) is 31.5. The first-order valence-electron chi connectivity index (χ1n) is 17.7. The first kappa shape index (κ1) is 37.1. The van der Waals surface area contributed by atoms with E-state index < -0.39 is 11.2 Å². The van der Waals surface area contributed by atoms with Crippen molar-refractivity contribution in [1.29, 1.82) is 0 Å². The smallest absolute Gasteiger partial charge is 0.142 e. The summed E-state index contributed by atoms with van der Waals surface area (Å²) in [6, 6.07) is 0. The molecule has 0 bridgehead atoms. The number of hydrogen-bond acceptors (Lipinski definition) is 2. The maximum absolute atomic E-state index is 13.9. The molecule has 4 heteroatoms. The molecule has 3 aliphatic rings. The van der Waals surface area contributed by atoms with Gasteiger partial charge in [0.1, 0.15) is 10.2 Å². The monoisotopic (exact) mass is 660 g/mol. The lowest BCUT2D eigenvalue weighted by Crippen LogP contribution is -2.26. The molecule has 0 fully saturated rings. The maximum atomic E-state index is 13.9. The third-order valence-electron chi connectivity index (χ3n) is 9.76. The summed E-state index contributed by atoms with van der Waals surface area (Å²) in [5.74, 6) is 0.524. The zero-order chi connectivity index (χ0) is 35.0. The molecule has 48 heavy (non-hydrogen) atoms. The Hall–Kier alpha value is -3.69. The van der Waals surface area contributed by atoms with Gasteiger partial charge in [0.15, 0.2) is 0 Å². The van der Waals surface area contributed by atoms with E-state index >= 15 is 0 Å². The van der Waals surface area contributed by atoms with Gasteiger partial charge in [0, 0.05) is 47.7 Å². The second kappa shape index (κ2) is 17.1. The van der Waals surface area contributed by atoms with Crippen LogP contribution in [0.1, 0.15) is 103 Å². The number of allylic oxidation sites excluding steroid dienone is 14. The summed E-state index contributed by atoms with van der Waals surface area (Å²) in [7, 11) is 0. The molecule has 1 heterocycles. The van der Waals surface area contributed by atoms with Crippen molar-refractivity contribution in [2.75, 3.05) is 0 Å². The summed E-state index contributed by atoms with van der Waals surface area (Å²) in [6.07, 6.45) is 32.2. The van der Waals surface area contributed by atoms with Gasteiger partial charge in [-0.2, -0.15) is 0 Å². The molecule has 1 aromatic heterocycles. The van der Waals surface area contributed by atoms with E-state index in [1.807, 2.05) is 6.08 Å². The minimum Gasteiger partial charge on any atom is -0.611 e. The van der Waals surface area contributed by atoms with Crippen molar-refractivity contribution in [3.63, 3.8) is 0 Å². The van der Waals surface area contributed by atoms with Crippen LogP contribution in [0.5, 0.6) is 0 Å². The molecule has 0 aromatic carbocycles. The lowest BCUT2D eigenvalue weighted by molar-refractivity contribution is 0.542. The molecule has 4 rings (SSSR count). The molecule has 0 saturated carbocycles. The highest BCUT2D eigenvalue weighted by molar-refractivity contribution is 7.96. The fourth-order valence-corrected chi connectivity index (χ4v) is 8.30. The van der Waals surface area contributed by atoms with E-state index in [9.17, 15) is 4.55 Å². The lowest BCUT2D eigenvalue weighted by atomic mass is 9.97. The average Bonchev–Trinajstić information content (AvgIpc) is 3.20. The highest BCUT2D eigenvalue weighted by Crippen LogP contribution is 2.36. The molecule has 254 valence electrons. The Labute approximate surface area is 294 Å². The van der Waals surface area contributed by atoms with Crippen molar-refractivity contribution < 1.29 is 4.55 Å². The van der Waals surface area contributed by atoms with Crippen LogP contribution >= 0.6 is 0 Å². The van der Waals surface area contributed by atoms with Gasteiger partial charge in [0.25, 0.3) is 0 Å². The van der Waals surface area contributed by atoms with E-state index in [1.165, 1.54) is 39.4 Å². The molecule has 0 radical (unpaired) electrons. The molecular weight excluding hydrogens is 605 g/mol. The average molecular weight is 661 g/mol. The van der Waals surface area contributed by atoms with Gasteiger partial charge in [0.05, 0.1) is 5.70 Å². The summed E-state index contributed by atoms with van der Waals surface area (Å²) in [5, 5.41) is -0.0620. The quantitative estimate of drug-likeness (QED) is 0.113. The standard InChI is InChI=1S/C44H56N2OS/c1-11-16-43-35(9)44(14-4)46(36(43)10)39-23-27-42(28-24-39)48(47)41-25-21-38(22-26-41)45(40-20-19-31(5)29-32(6)30-40)34(8)17-15-18-37(13-3)33(7)12-2/h13-15,18-23,25,27,29,33,41H,4,8,11-12,16-17,24,26,28H2,1-3,5-7,9-10H3/b18-15-,37-13+. The van der Waals surface area contributed by atoms with E-state index in [-0.39, 0.29) is 5.25 Å². The van der Waals surface area contributed by atoms with Crippen molar-refractivity contribution in [3.8, 4) is 0 Å². The van der Waals surface area contributed by atoms with Crippen LogP contribution in [0, 0.1) is 19.8 Å². The van der Waals surface area contributed by atoms with Gasteiger partial charge in [0.2, 0.25) is 0 Å². The van der Waals surface area contributed by atoms with Gasteiger partial charge in [-0.1, -0.05) is 82.0 Å². The van der Waals surface area contributed by atoms with Gasteiger partial charge in [-0.15, -0.1) is 0 Å². The predicted octanol–water partition coefficient (Wildman–Crippen LogP) is 11.9. The number of rotatable bonds is 14. The van der Waals surface area contributed by atoms with E-state index in [4.69, 9.17) is 0 Å². The largest absolute Gasteiger partial charge is 0.611 e. The topological polar surface area (TPSA) is 31.2 Å². The lowest BCUT2D eigenvalue weighted by Gasteiger charge is -2.30. The van der Waals surface area contributed by atoms with Crippen LogP contribution in [0.2, 0.25) is 0 Å². The fraction of sp³-hybridized carbons (Fsp3) is 0.386. The zero-order valence-electron chi connectivity index (χ0n) is 30.7. The van der Waals surface area contributed by atoms with Crippen molar-refractivity contribution in [1.82, 2.24) is 9.47 Å². The Morgan fingerprint density at radius 3 is 2.52 bits per heavy atom. The highest BCUT2D eigenvalue weighted by Gasteiger charge is 2.29. The molecule has 0 N–H and O–H groups in total. The Bertz CT molecular complexity index is 1720. The van der Waals surface area contributed by atoms with Crippen LogP contribution in [0.25, 0.3) is 11.8 Å². The SMILES string of the molecule is C=Cc1c(C)c(CCC)c(C)n1C1=CC=C([S+]([O-])C2C=CC(N(C(=C)C/C=C\C(=C/C)C(C)CC)C3=C=C(C)C=C(C)C=C3)=CC2)CC1.